The van der Waals surface area contributed by atoms with Crippen molar-refractivity contribution >= 4 is 17.7 Å². The van der Waals surface area contributed by atoms with Gasteiger partial charge in [0.25, 0.3) is 0 Å². The minimum absolute atomic E-state index is 0.0586. The SMILES string of the molecule is CC(C)(C)OC(=O)N(Cc1ccccc1)C12CC(Cl)(C1)C2. The molecule has 1 aromatic carbocycles. The van der Waals surface area contributed by atoms with Gasteiger partial charge >= 0.3 is 6.09 Å². The number of hydrogen-bond acceptors (Lipinski definition) is 2. The summed E-state index contributed by atoms with van der Waals surface area (Å²) in [7, 11) is 0. The number of benzene rings is 1. The van der Waals surface area contributed by atoms with Crippen LogP contribution in [0.4, 0.5) is 4.79 Å². The lowest BCUT2D eigenvalue weighted by Gasteiger charge is -2.70. The first-order valence-corrected chi connectivity index (χ1v) is 7.83. The fraction of sp³-hybridized carbons (Fsp3) is 0.588. The van der Waals surface area contributed by atoms with E-state index in [0.717, 1.165) is 24.8 Å². The second-order valence-corrected chi connectivity index (χ2v) is 8.26. The Morgan fingerprint density at radius 2 is 1.81 bits per heavy atom. The standard InChI is InChI=1S/C17H22ClNO2/c1-15(2,3)21-14(20)19(9-13-7-5-4-6-8-13)17-10-16(18,11-17)12-17/h4-8H,9-12H2,1-3H3. The van der Waals surface area contributed by atoms with E-state index >= 15 is 0 Å². The van der Waals surface area contributed by atoms with Crippen LogP contribution in [0.15, 0.2) is 30.3 Å². The maximum absolute atomic E-state index is 12.6. The van der Waals surface area contributed by atoms with Gasteiger partial charge < -0.3 is 4.74 Å². The predicted molar refractivity (Wildman–Crippen MR) is 83.4 cm³/mol. The van der Waals surface area contributed by atoms with E-state index < -0.39 is 5.60 Å². The molecular weight excluding hydrogens is 286 g/mol. The van der Waals surface area contributed by atoms with Gasteiger partial charge in [-0.25, -0.2) is 4.79 Å². The molecule has 0 radical (unpaired) electrons. The minimum atomic E-state index is -0.478. The van der Waals surface area contributed by atoms with Crippen molar-refractivity contribution in [2.24, 2.45) is 0 Å². The lowest BCUT2D eigenvalue weighted by molar-refractivity contribution is -0.124. The number of nitrogens with zero attached hydrogens (tertiary/aromatic N) is 1. The van der Waals surface area contributed by atoms with Gasteiger partial charge in [-0.2, -0.15) is 0 Å². The van der Waals surface area contributed by atoms with E-state index in [-0.39, 0.29) is 16.5 Å². The summed E-state index contributed by atoms with van der Waals surface area (Å²) in [6.45, 7) is 6.28. The number of halogens is 1. The van der Waals surface area contributed by atoms with Crippen molar-refractivity contribution in [3.63, 3.8) is 0 Å². The molecule has 3 aliphatic rings. The lowest BCUT2D eigenvalue weighted by atomic mass is 9.48. The van der Waals surface area contributed by atoms with Crippen LogP contribution in [-0.2, 0) is 11.3 Å². The van der Waals surface area contributed by atoms with Gasteiger partial charge in [-0.3, -0.25) is 4.90 Å². The maximum Gasteiger partial charge on any atom is 0.411 e. The zero-order chi connectivity index (χ0) is 15.3. The number of ether oxygens (including phenoxy) is 1. The highest BCUT2D eigenvalue weighted by Gasteiger charge is 2.71. The van der Waals surface area contributed by atoms with E-state index in [2.05, 4.69) is 0 Å². The summed E-state index contributed by atoms with van der Waals surface area (Å²) < 4.78 is 5.60. The average Bonchev–Trinajstić information content (AvgIpc) is 2.30. The Hall–Kier alpha value is -1.22. The van der Waals surface area contributed by atoms with Crippen molar-refractivity contribution in [2.45, 2.75) is 62.6 Å². The normalized spacial score (nSPS) is 30.1. The van der Waals surface area contributed by atoms with Crippen LogP contribution in [0.1, 0.15) is 45.6 Å². The monoisotopic (exact) mass is 307 g/mol. The molecule has 4 heteroatoms. The fourth-order valence-electron chi connectivity index (χ4n) is 3.41. The first kappa shape index (κ1) is 14.7. The summed E-state index contributed by atoms with van der Waals surface area (Å²) in [6.07, 6.45) is 2.42. The van der Waals surface area contributed by atoms with Crippen molar-refractivity contribution < 1.29 is 9.53 Å². The molecule has 0 aromatic heterocycles. The van der Waals surface area contributed by atoms with Crippen molar-refractivity contribution in [1.29, 1.82) is 0 Å². The summed E-state index contributed by atoms with van der Waals surface area (Å²) in [4.78, 5) is 14.4. The lowest BCUT2D eigenvalue weighted by Crippen LogP contribution is -2.77. The molecule has 3 aliphatic carbocycles. The van der Waals surface area contributed by atoms with Gasteiger partial charge in [0.2, 0.25) is 0 Å². The maximum atomic E-state index is 12.6. The average molecular weight is 308 g/mol. The Morgan fingerprint density at radius 1 is 1.24 bits per heavy atom. The predicted octanol–water partition coefficient (Wildman–Crippen LogP) is 4.34. The van der Waals surface area contributed by atoms with E-state index in [1.165, 1.54) is 0 Å². The molecule has 0 aliphatic heterocycles. The van der Waals surface area contributed by atoms with Crippen LogP contribution in [0.2, 0.25) is 0 Å². The molecule has 3 nitrogen and oxygen atoms in total. The van der Waals surface area contributed by atoms with Crippen LogP contribution in [0.5, 0.6) is 0 Å². The molecule has 0 heterocycles. The van der Waals surface area contributed by atoms with Gasteiger partial charge in [-0.05, 0) is 45.6 Å². The quantitative estimate of drug-likeness (QED) is 0.778. The fourth-order valence-corrected chi connectivity index (χ4v) is 4.16. The summed E-state index contributed by atoms with van der Waals surface area (Å²) in [5.74, 6) is 0. The number of carbonyl (C=O) groups excluding carboxylic acids is 1. The van der Waals surface area contributed by atoms with E-state index in [0.29, 0.717) is 6.54 Å². The highest BCUT2D eigenvalue weighted by Crippen LogP contribution is 2.67. The second-order valence-electron chi connectivity index (χ2n) is 7.46. The number of carbonyl (C=O) groups is 1. The highest BCUT2D eigenvalue weighted by molar-refractivity contribution is 6.26. The Balaban J connectivity index is 1.77. The second kappa shape index (κ2) is 4.64. The molecule has 0 saturated heterocycles. The molecule has 0 spiro atoms. The van der Waals surface area contributed by atoms with Gasteiger partial charge in [0, 0.05) is 6.54 Å². The highest BCUT2D eigenvalue weighted by atomic mass is 35.5. The zero-order valence-corrected chi connectivity index (χ0v) is 13.6. The number of hydrogen-bond donors (Lipinski definition) is 0. The van der Waals surface area contributed by atoms with Crippen molar-refractivity contribution in [1.82, 2.24) is 4.90 Å². The van der Waals surface area contributed by atoms with E-state index in [4.69, 9.17) is 16.3 Å². The smallest absolute Gasteiger partial charge is 0.411 e. The number of alkyl halides is 1. The molecule has 3 saturated carbocycles. The van der Waals surface area contributed by atoms with Gasteiger partial charge in [0.15, 0.2) is 0 Å². The van der Waals surface area contributed by atoms with Crippen LogP contribution in [0, 0.1) is 0 Å². The third-order valence-corrected chi connectivity index (χ3v) is 4.71. The van der Waals surface area contributed by atoms with E-state index in [1.807, 2.05) is 56.0 Å². The van der Waals surface area contributed by atoms with Gasteiger partial charge in [0.05, 0.1) is 10.4 Å². The molecule has 114 valence electrons. The van der Waals surface area contributed by atoms with Crippen LogP contribution in [-0.4, -0.2) is 27.0 Å². The third-order valence-electron chi connectivity index (χ3n) is 4.31. The summed E-state index contributed by atoms with van der Waals surface area (Å²) in [5, 5.41) is 0. The van der Waals surface area contributed by atoms with Gasteiger partial charge in [0.1, 0.15) is 5.60 Å². The number of rotatable bonds is 3. The molecule has 1 aromatic rings. The van der Waals surface area contributed by atoms with Crippen LogP contribution in [0.3, 0.4) is 0 Å². The first-order chi connectivity index (χ1) is 9.72. The molecule has 4 rings (SSSR count). The zero-order valence-electron chi connectivity index (χ0n) is 12.9. The van der Waals surface area contributed by atoms with Crippen LogP contribution >= 0.6 is 11.6 Å². The number of amides is 1. The molecule has 0 atom stereocenters. The van der Waals surface area contributed by atoms with Crippen LogP contribution < -0.4 is 0 Å². The van der Waals surface area contributed by atoms with Gasteiger partial charge in [-0.1, -0.05) is 30.3 Å². The molecular formula is C17H22ClNO2. The van der Waals surface area contributed by atoms with E-state index in [1.54, 1.807) is 0 Å². The molecule has 3 fully saturated rings. The van der Waals surface area contributed by atoms with Crippen molar-refractivity contribution in [3.05, 3.63) is 35.9 Å². The topological polar surface area (TPSA) is 29.5 Å². The Bertz CT molecular complexity index is 530. The van der Waals surface area contributed by atoms with Crippen molar-refractivity contribution in [2.75, 3.05) is 0 Å². The Morgan fingerprint density at radius 3 is 2.29 bits per heavy atom. The minimum Gasteiger partial charge on any atom is -0.444 e. The summed E-state index contributed by atoms with van der Waals surface area (Å²) in [6, 6.07) is 10.1. The molecule has 0 unspecified atom stereocenters. The van der Waals surface area contributed by atoms with Crippen molar-refractivity contribution in [3.8, 4) is 0 Å². The molecule has 21 heavy (non-hydrogen) atoms. The largest absolute Gasteiger partial charge is 0.444 e. The Labute approximate surface area is 131 Å². The third kappa shape index (κ3) is 2.76. The summed E-state index contributed by atoms with van der Waals surface area (Å²) in [5.41, 5.74) is 0.561. The van der Waals surface area contributed by atoms with E-state index in [9.17, 15) is 4.79 Å². The summed E-state index contributed by atoms with van der Waals surface area (Å²) >= 11 is 6.37. The Kier molecular flexibility index (Phi) is 3.25. The molecule has 2 bridgehead atoms. The van der Waals surface area contributed by atoms with Gasteiger partial charge in [-0.15, -0.1) is 11.6 Å². The molecule has 1 amide bonds. The first-order valence-electron chi connectivity index (χ1n) is 7.45. The molecule has 0 N–H and O–H groups in total. The van der Waals surface area contributed by atoms with Crippen LogP contribution in [0.25, 0.3) is 0 Å².